The Morgan fingerprint density at radius 2 is 2.00 bits per heavy atom. The molecule has 1 amide bonds. The quantitative estimate of drug-likeness (QED) is 0.383. The summed E-state index contributed by atoms with van der Waals surface area (Å²) in [5, 5.41) is 12.5. The van der Waals surface area contributed by atoms with Gasteiger partial charge in [-0.15, -0.1) is 18.3 Å². The van der Waals surface area contributed by atoms with Crippen LogP contribution in [0.15, 0.2) is 66.1 Å². The average Bonchev–Trinajstić information content (AvgIpc) is 2.94. The van der Waals surface area contributed by atoms with Gasteiger partial charge in [0.25, 0.3) is 5.91 Å². The maximum Gasteiger partial charge on any atom is 0.255 e. The molecule has 0 saturated carbocycles. The molecule has 4 rings (SSSR count). The molecule has 1 aliphatic rings. The summed E-state index contributed by atoms with van der Waals surface area (Å²) in [5.74, 6) is 0.740. The standard InChI is InChI=1S/C25H20Cl2N2OS/c1-2-5-18(16-8-9-21(26)22(27)13-16)15-29-10-11-31-24-19(14-28)12-17-6-3-4-7-20(17)23(24)25(29)30/h2-4,6-9,12-13,18H,1,5,10-11,15H2. The number of nitriles is 1. The van der Waals surface area contributed by atoms with Crippen LogP contribution in [0.3, 0.4) is 0 Å². The van der Waals surface area contributed by atoms with Gasteiger partial charge >= 0.3 is 0 Å². The highest BCUT2D eigenvalue weighted by Gasteiger charge is 2.29. The van der Waals surface area contributed by atoms with Crippen molar-refractivity contribution in [2.75, 3.05) is 18.8 Å². The molecule has 3 aromatic rings. The molecule has 3 nitrogen and oxygen atoms in total. The summed E-state index contributed by atoms with van der Waals surface area (Å²) in [6.45, 7) is 5.03. The van der Waals surface area contributed by atoms with E-state index in [0.717, 1.165) is 27.0 Å². The number of nitrogens with zero attached hydrogens (tertiary/aromatic N) is 2. The van der Waals surface area contributed by atoms with Crippen LogP contribution in [-0.2, 0) is 0 Å². The third-order valence-electron chi connectivity index (χ3n) is 5.54. The van der Waals surface area contributed by atoms with Gasteiger partial charge in [-0.25, -0.2) is 0 Å². The lowest BCUT2D eigenvalue weighted by Crippen LogP contribution is -2.35. The normalized spacial score (nSPS) is 14.6. The molecule has 6 heteroatoms. The van der Waals surface area contributed by atoms with Crippen LogP contribution in [0.5, 0.6) is 0 Å². The van der Waals surface area contributed by atoms with Crippen molar-refractivity contribution in [3.8, 4) is 6.07 Å². The number of rotatable bonds is 5. The number of carbonyl (C=O) groups excluding carboxylic acids is 1. The Morgan fingerprint density at radius 1 is 1.19 bits per heavy atom. The first kappa shape index (κ1) is 21.8. The number of carbonyl (C=O) groups is 1. The fourth-order valence-electron chi connectivity index (χ4n) is 4.02. The van der Waals surface area contributed by atoms with E-state index in [0.29, 0.717) is 40.7 Å². The van der Waals surface area contributed by atoms with Gasteiger partial charge in [-0.3, -0.25) is 4.79 Å². The molecule has 1 unspecified atom stereocenters. The minimum Gasteiger partial charge on any atom is -0.337 e. The van der Waals surface area contributed by atoms with Gasteiger partial charge in [0.1, 0.15) is 6.07 Å². The van der Waals surface area contributed by atoms with Gasteiger partial charge in [-0.1, -0.05) is 59.6 Å². The molecule has 1 heterocycles. The zero-order chi connectivity index (χ0) is 22.0. The second-order valence-electron chi connectivity index (χ2n) is 7.46. The first-order valence-electron chi connectivity index (χ1n) is 9.97. The van der Waals surface area contributed by atoms with Crippen molar-refractivity contribution in [1.82, 2.24) is 4.90 Å². The molecule has 0 N–H and O–H groups in total. The first-order chi connectivity index (χ1) is 15.0. The fourth-order valence-corrected chi connectivity index (χ4v) is 5.44. The summed E-state index contributed by atoms with van der Waals surface area (Å²) in [5.41, 5.74) is 2.21. The molecule has 1 atom stereocenters. The van der Waals surface area contributed by atoms with Crippen LogP contribution < -0.4 is 0 Å². The van der Waals surface area contributed by atoms with Crippen molar-refractivity contribution < 1.29 is 4.79 Å². The number of hydrogen-bond acceptors (Lipinski definition) is 3. The summed E-state index contributed by atoms with van der Waals surface area (Å²) < 4.78 is 0. The monoisotopic (exact) mass is 466 g/mol. The Labute approximate surface area is 196 Å². The molecule has 0 bridgehead atoms. The first-order valence-corrected chi connectivity index (χ1v) is 11.7. The number of amides is 1. The Morgan fingerprint density at radius 3 is 2.74 bits per heavy atom. The highest BCUT2D eigenvalue weighted by atomic mass is 35.5. The molecule has 0 spiro atoms. The Hall–Kier alpha value is -2.45. The van der Waals surface area contributed by atoms with Crippen LogP contribution in [0.25, 0.3) is 10.8 Å². The third-order valence-corrected chi connectivity index (χ3v) is 7.38. The molecular weight excluding hydrogens is 447 g/mol. The molecule has 3 aromatic carbocycles. The SMILES string of the molecule is C=CCC(CN1CCSc2c(C#N)cc3ccccc3c2C1=O)c1ccc(Cl)c(Cl)c1. The lowest BCUT2D eigenvalue weighted by Gasteiger charge is -2.27. The molecule has 1 aliphatic heterocycles. The van der Waals surface area contributed by atoms with E-state index in [9.17, 15) is 10.1 Å². The number of thioether (sulfide) groups is 1. The van der Waals surface area contributed by atoms with Crippen LogP contribution >= 0.6 is 35.0 Å². The van der Waals surface area contributed by atoms with Gasteiger partial charge in [0.05, 0.1) is 21.2 Å². The van der Waals surface area contributed by atoms with Crippen molar-refractivity contribution >= 4 is 51.6 Å². The highest BCUT2D eigenvalue weighted by Crippen LogP contribution is 2.37. The summed E-state index contributed by atoms with van der Waals surface area (Å²) in [6, 6.07) is 17.5. The lowest BCUT2D eigenvalue weighted by atomic mass is 9.94. The van der Waals surface area contributed by atoms with E-state index in [1.165, 1.54) is 0 Å². The van der Waals surface area contributed by atoms with Gasteiger partial charge in [0.15, 0.2) is 0 Å². The molecule has 156 valence electrons. The fraction of sp³-hybridized carbons (Fsp3) is 0.200. The maximum atomic E-state index is 13.7. The van der Waals surface area contributed by atoms with Gasteiger partial charge in [0, 0.05) is 29.7 Å². The van der Waals surface area contributed by atoms with E-state index in [2.05, 4.69) is 12.6 Å². The second kappa shape index (κ2) is 9.36. The summed E-state index contributed by atoms with van der Waals surface area (Å²) in [6.07, 6.45) is 2.57. The maximum absolute atomic E-state index is 13.7. The summed E-state index contributed by atoms with van der Waals surface area (Å²) >= 11 is 13.9. The molecule has 0 radical (unpaired) electrons. The number of halogens is 2. The van der Waals surface area contributed by atoms with Crippen molar-refractivity contribution in [2.45, 2.75) is 17.2 Å². The number of fused-ring (bicyclic) bond motifs is 3. The van der Waals surface area contributed by atoms with Gasteiger partial charge in [-0.05, 0) is 41.0 Å². The van der Waals surface area contributed by atoms with Gasteiger partial charge in [0.2, 0.25) is 0 Å². The number of benzene rings is 3. The van der Waals surface area contributed by atoms with Crippen molar-refractivity contribution in [1.29, 1.82) is 5.26 Å². The summed E-state index contributed by atoms with van der Waals surface area (Å²) in [7, 11) is 0. The highest BCUT2D eigenvalue weighted by molar-refractivity contribution is 7.99. The van der Waals surface area contributed by atoms with E-state index >= 15 is 0 Å². The molecular formula is C25H20Cl2N2OS. The van der Waals surface area contributed by atoms with Crippen LogP contribution in [0.1, 0.15) is 33.8 Å². The molecule has 0 fully saturated rings. The average molecular weight is 467 g/mol. The van der Waals surface area contributed by atoms with E-state index < -0.39 is 0 Å². The molecule has 0 aromatic heterocycles. The van der Waals surface area contributed by atoms with E-state index in [4.69, 9.17) is 23.2 Å². The predicted molar refractivity (Wildman–Crippen MR) is 129 cm³/mol. The Balaban J connectivity index is 1.75. The zero-order valence-electron chi connectivity index (χ0n) is 16.8. The Bertz CT molecular complexity index is 1220. The van der Waals surface area contributed by atoms with Crippen molar-refractivity contribution in [2.24, 2.45) is 0 Å². The van der Waals surface area contributed by atoms with E-state index in [-0.39, 0.29) is 11.8 Å². The molecule has 0 saturated heterocycles. The lowest BCUT2D eigenvalue weighted by molar-refractivity contribution is 0.0757. The van der Waals surface area contributed by atoms with Crippen LogP contribution in [0, 0.1) is 11.3 Å². The largest absolute Gasteiger partial charge is 0.337 e. The van der Waals surface area contributed by atoms with Crippen LogP contribution in [0.2, 0.25) is 10.0 Å². The zero-order valence-corrected chi connectivity index (χ0v) is 19.1. The van der Waals surface area contributed by atoms with Crippen LogP contribution in [-0.4, -0.2) is 29.6 Å². The molecule has 31 heavy (non-hydrogen) atoms. The van der Waals surface area contributed by atoms with Crippen molar-refractivity contribution in [3.05, 3.63) is 87.9 Å². The van der Waals surface area contributed by atoms with Gasteiger partial charge in [-0.2, -0.15) is 5.26 Å². The van der Waals surface area contributed by atoms with Gasteiger partial charge < -0.3 is 4.90 Å². The molecule has 0 aliphatic carbocycles. The predicted octanol–water partition coefficient (Wildman–Crippen LogP) is 6.93. The van der Waals surface area contributed by atoms with Crippen molar-refractivity contribution in [3.63, 3.8) is 0 Å². The minimum absolute atomic E-state index is 0.0394. The number of allylic oxidation sites excluding steroid dienone is 1. The minimum atomic E-state index is -0.0394. The number of hydrogen-bond donors (Lipinski definition) is 0. The smallest absolute Gasteiger partial charge is 0.255 e. The Kier molecular flexibility index (Phi) is 6.57. The van der Waals surface area contributed by atoms with E-state index in [1.54, 1.807) is 17.8 Å². The third kappa shape index (κ3) is 4.32. The van der Waals surface area contributed by atoms with E-state index in [1.807, 2.05) is 53.4 Å². The van der Waals surface area contributed by atoms with Crippen LogP contribution in [0.4, 0.5) is 0 Å². The topological polar surface area (TPSA) is 44.1 Å². The second-order valence-corrected chi connectivity index (χ2v) is 9.38. The summed E-state index contributed by atoms with van der Waals surface area (Å²) in [4.78, 5) is 16.4.